The first-order valence-corrected chi connectivity index (χ1v) is 12.0. The Balaban J connectivity index is 1.27. The Hall–Kier alpha value is -3.21. The molecule has 2 unspecified atom stereocenters. The third-order valence-corrected chi connectivity index (χ3v) is 7.03. The molecule has 2 heterocycles. The molecule has 2 aliphatic rings. The maximum Gasteiger partial charge on any atom is 0.226 e. The first kappa shape index (κ1) is 21.6. The fourth-order valence-electron chi connectivity index (χ4n) is 5.01. The number of rotatable bonds is 5. The molecule has 1 amide bonds. The molecule has 0 bridgehead atoms. The van der Waals surface area contributed by atoms with E-state index in [4.69, 9.17) is 4.98 Å². The second-order valence-corrected chi connectivity index (χ2v) is 9.49. The highest BCUT2D eigenvalue weighted by molar-refractivity contribution is 5.83. The third kappa shape index (κ3) is 4.63. The van der Waals surface area contributed by atoms with Gasteiger partial charge in [-0.3, -0.25) is 4.79 Å². The lowest BCUT2D eigenvalue weighted by Gasteiger charge is -2.36. The minimum Gasteiger partial charge on any atom is -0.353 e. The number of amides is 1. The highest BCUT2D eigenvalue weighted by Gasteiger charge is 2.46. The van der Waals surface area contributed by atoms with Crippen molar-refractivity contribution < 1.29 is 4.79 Å². The molecule has 5 heteroatoms. The number of carbonyl (C=O) groups is 1. The molecule has 1 aliphatic heterocycles. The van der Waals surface area contributed by atoms with Crippen LogP contribution in [0.5, 0.6) is 0 Å². The van der Waals surface area contributed by atoms with Gasteiger partial charge in [0.2, 0.25) is 5.91 Å². The number of aromatic nitrogens is 2. The molecule has 5 rings (SSSR count). The van der Waals surface area contributed by atoms with Crippen LogP contribution in [-0.2, 0) is 11.2 Å². The summed E-state index contributed by atoms with van der Waals surface area (Å²) >= 11 is 0. The van der Waals surface area contributed by atoms with Gasteiger partial charge in [0.25, 0.3) is 0 Å². The summed E-state index contributed by atoms with van der Waals surface area (Å²) in [4.78, 5) is 27.0. The van der Waals surface area contributed by atoms with Crippen LogP contribution in [0, 0.1) is 26.7 Å². The molecule has 2 atom stereocenters. The molecular weight excluding hydrogens is 408 g/mol. The van der Waals surface area contributed by atoms with E-state index < -0.39 is 0 Å². The summed E-state index contributed by atoms with van der Waals surface area (Å²) < 4.78 is 0. The molecule has 1 aromatic heterocycles. The average Bonchev–Trinajstić information content (AvgIpc) is 3.63. The van der Waals surface area contributed by atoms with Gasteiger partial charge in [0.1, 0.15) is 11.6 Å². The predicted octanol–water partition coefficient (Wildman–Crippen LogP) is 4.44. The Labute approximate surface area is 196 Å². The molecule has 1 aliphatic carbocycles. The van der Waals surface area contributed by atoms with Crippen LogP contribution < -0.4 is 4.90 Å². The van der Waals surface area contributed by atoms with Crippen LogP contribution >= 0.6 is 0 Å². The number of anilines is 1. The molecule has 0 spiro atoms. The Kier molecular flexibility index (Phi) is 5.88. The smallest absolute Gasteiger partial charge is 0.226 e. The normalized spacial score (nSPS) is 20.1. The molecular formula is C28H32N4O. The van der Waals surface area contributed by atoms with E-state index in [2.05, 4.69) is 77.2 Å². The van der Waals surface area contributed by atoms with Crippen LogP contribution in [0.4, 0.5) is 5.82 Å². The van der Waals surface area contributed by atoms with Crippen molar-refractivity contribution in [2.45, 2.75) is 39.5 Å². The monoisotopic (exact) mass is 440 g/mol. The van der Waals surface area contributed by atoms with Crippen LogP contribution in [0.1, 0.15) is 46.1 Å². The number of carbonyl (C=O) groups excluding carboxylic acids is 1. The lowest BCUT2D eigenvalue weighted by atomic mass is 10.0. The lowest BCUT2D eigenvalue weighted by molar-refractivity contribution is -0.133. The van der Waals surface area contributed by atoms with Crippen molar-refractivity contribution in [1.82, 2.24) is 14.9 Å². The summed E-state index contributed by atoms with van der Waals surface area (Å²) in [6.45, 7) is 9.28. The largest absolute Gasteiger partial charge is 0.353 e. The van der Waals surface area contributed by atoms with E-state index in [0.29, 0.717) is 11.8 Å². The minimum atomic E-state index is 0.152. The Morgan fingerprint density at radius 3 is 2.30 bits per heavy atom. The molecule has 0 radical (unpaired) electrons. The predicted molar refractivity (Wildman–Crippen MR) is 132 cm³/mol. The average molecular weight is 441 g/mol. The zero-order valence-corrected chi connectivity index (χ0v) is 19.8. The summed E-state index contributed by atoms with van der Waals surface area (Å²) in [5.41, 5.74) is 6.06. The van der Waals surface area contributed by atoms with Gasteiger partial charge in [-0.2, -0.15) is 0 Å². The van der Waals surface area contributed by atoms with Crippen molar-refractivity contribution >= 4 is 11.7 Å². The first-order chi connectivity index (χ1) is 16.0. The molecule has 3 aromatic rings. The quantitative estimate of drug-likeness (QED) is 0.588. The summed E-state index contributed by atoms with van der Waals surface area (Å²) in [6, 6.07) is 19.1. The van der Waals surface area contributed by atoms with E-state index in [0.717, 1.165) is 56.4 Å². The van der Waals surface area contributed by atoms with Gasteiger partial charge in [-0.05, 0) is 44.2 Å². The van der Waals surface area contributed by atoms with Crippen LogP contribution in [0.15, 0.2) is 54.6 Å². The van der Waals surface area contributed by atoms with Crippen molar-refractivity contribution in [3.63, 3.8) is 0 Å². The van der Waals surface area contributed by atoms with Gasteiger partial charge in [0, 0.05) is 49.8 Å². The number of benzene rings is 2. The first-order valence-electron chi connectivity index (χ1n) is 12.0. The van der Waals surface area contributed by atoms with Gasteiger partial charge < -0.3 is 9.80 Å². The zero-order valence-electron chi connectivity index (χ0n) is 19.8. The fourth-order valence-corrected chi connectivity index (χ4v) is 5.01. The summed E-state index contributed by atoms with van der Waals surface area (Å²) in [5, 5.41) is 0. The van der Waals surface area contributed by atoms with Gasteiger partial charge in [-0.1, -0.05) is 60.2 Å². The van der Waals surface area contributed by atoms with E-state index >= 15 is 0 Å². The molecule has 5 nitrogen and oxygen atoms in total. The third-order valence-electron chi connectivity index (χ3n) is 7.03. The molecule has 1 saturated carbocycles. The van der Waals surface area contributed by atoms with Gasteiger partial charge in [-0.25, -0.2) is 9.97 Å². The van der Waals surface area contributed by atoms with Gasteiger partial charge in [0.15, 0.2) is 0 Å². The maximum atomic E-state index is 13.1. The van der Waals surface area contributed by atoms with Crippen molar-refractivity contribution in [3.05, 3.63) is 88.4 Å². The SMILES string of the molecule is Cc1ccc(Cc2c(C)nc(C)nc2N2CCN(C(=O)C3CC3c3ccccc3)CC2)cc1. The Morgan fingerprint density at radius 1 is 0.909 bits per heavy atom. The standard InChI is InChI=1S/C28H32N4O/c1-19-9-11-22(12-10-19)17-24-20(2)29-21(3)30-27(24)31-13-15-32(16-14-31)28(33)26-18-25(26)23-7-5-4-6-8-23/h4-12,25-26H,13-18H2,1-3H3. The number of hydrogen-bond donors (Lipinski definition) is 0. The van der Waals surface area contributed by atoms with Gasteiger partial charge in [0.05, 0.1) is 0 Å². The van der Waals surface area contributed by atoms with Crippen LogP contribution in [0.2, 0.25) is 0 Å². The van der Waals surface area contributed by atoms with Crippen LogP contribution in [0.3, 0.4) is 0 Å². The number of aryl methyl sites for hydroxylation is 3. The molecule has 2 fully saturated rings. The Bertz CT molecular complexity index is 1130. The molecule has 0 N–H and O–H groups in total. The lowest BCUT2D eigenvalue weighted by Crippen LogP contribution is -2.50. The van der Waals surface area contributed by atoms with Crippen molar-refractivity contribution in [2.75, 3.05) is 31.1 Å². The number of piperazine rings is 1. The second-order valence-electron chi connectivity index (χ2n) is 9.49. The van der Waals surface area contributed by atoms with Crippen molar-refractivity contribution in [1.29, 1.82) is 0 Å². The topological polar surface area (TPSA) is 49.3 Å². The summed E-state index contributed by atoms with van der Waals surface area (Å²) in [6.07, 6.45) is 1.80. The van der Waals surface area contributed by atoms with E-state index in [-0.39, 0.29) is 5.92 Å². The van der Waals surface area contributed by atoms with Gasteiger partial charge in [-0.15, -0.1) is 0 Å². The number of hydrogen-bond acceptors (Lipinski definition) is 4. The van der Waals surface area contributed by atoms with Crippen LogP contribution in [0.25, 0.3) is 0 Å². The maximum absolute atomic E-state index is 13.1. The van der Waals surface area contributed by atoms with E-state index in [1.165, 1.54) is 22.3 Å². The Morgan fingerprint density at radius 2 is 1.61 bits per heavy atom. The molecule has 33 heavy (non-hydrogen) atoms. The number of nitrogens with zero attached hydrogens (tertiary/aromatic N) is 4. The second kappa shape index (κ2) is 8.97. The molecule has 1 saturated heterocycles. The summed E-state index contributed by atoms with van der Waals surface area (Å²) in [5.74, 6) is 2.70. The molecule has 2 aromatic carbocycles. The minimum absolute atomic E-state index is 0.152. The van der Waals surface area contributed by atoms with Crippen molar-refractivity contribution in [3.8, 4) is 0 Å². The molecule has 170 valence electrons. The fraction of sp³-hybridized carbons (Fsp3) is 0.393. The van der Waals surface area contributed by atoms with E-state index in [1.54, 1.807) is 0 Å². The van der Waals surface area contributed by atoms with Gasteiger partial charge >= 0.3 is 0 Å². The van der Waals surface area contributed by atoms with Crippen molar-refractivity contribution in [2.24, 2.45) is 5.92 Å². The van der Waals surface area contributed by atoms with E-state index in [9.17, 15) is 4.79 Å². The van der Waals surface area contributed by atoms with E-state index in [1.807, 2.05) is 13.0 Å². The van der Waals surface area contributed by atoms with Crippen LogP contribution in [-0.4, -0.2) is 47.0 Å². The highest BCUT2D eigenvalue weighted by Crippen LogP contribution is 2.48. The zero-order chi connectivity index (χ0) is 22.9. The highest BCUT2D eigenvalue weighted by atomic mass is 16.2. The summed E-state index contributed by atoms with van der Waals surface area (Å²) in [7, 11) is 0.